The molecule has 5 atom stereocenters. The Morgan fingerprint density at radius 1 is 1.25 bits per heavy atom. The van der Waals surface area contributed by atoms with Gasteiger partial charge in [-0.2, -0.15) is 12.6 Å². The minimum Gasteiger partial charge on any atom is -0.392 e. The first kappa shape index (κ1) is 10.4. The highest BCUT2D eigenvalue weighted by molar-refractivity contribution is 7.80. The largest absolute Gasteiger partial charge is 0.392 e. The first-order chi connectivity index (χ1) is 5.57. The molecule has 1 aliphatic heterocycles. The Hall–Kier alpha value is 0.270. The SMILES string of the molecule is CC1C(O)[C@@H](C)C(CS)O[C@H]1C. The molecule has 0 aliphatic carbocycles. The van der Waals surface area contributed by atoms with Crippen LogP contribution >= 0.6 is 12.6 Å². The molecule has 0 spiro atoms. The molecular formula is C9H18O2S. The van der Waals surface area contributed by atoms with Crippen LogP contribution in [0.4, 0.5) is 0 Å². The molecule has 72 valence electrons. The van der Waals surface area contributed by atoms with E-state index in [9.17, 15) is 5.11 Å². The molecule has 0 radical (unpaired) electrons. The lowest BCUT2D eigenvalue weighted by Crippen LogP contribution is -2.48. The van der Waals surface area contributed by atoms with Crippen molar-refractivity contribution in [3.8, 4) is 0 Å². The molecule has 0 bridgehead atoms. The molecule has 0 aromatic heterocycles. The summed E-state index contributed by atoms with van der Waals surface area (Å²) in [7, 11) is 0. The van der Waals surface area contributed by atoms with E-state index in [0.29, 0.717) is 5.75 Å². The summed E-state index contributed by atoms with van der Waals surface area (Å²) in [6, 6.07) is 0. The highest BCUT2D eigenvalue weighted by Crippen LogP contribution is 2.30. The lowest BCUT2D eigenvalue weighted by molar-refractivity contribution is -0.147. The predicted molar refractivity (Wildman–Crippen MR) is 52.5 cm³/mol. The van der Waals surface area contributed by atoms with Crippen molar-refractivity contribution >= 4 is 12.6 Å². The molecular weight excluding hydrogens is 172 g/mol. The molecule has 3 heteroatoms. The minimum atomic E-state index is -0.245. The van der Waals surface area contributed by atoms with E-state index in [1.165, 1.54) is 0 Å². The molecule has 1 aliphatic rings. The van der Waals surface area contributed by atoms with Crippen molar-refractivity contribution in [1.82, 2.24) is 0 Å². The van der Waals surface area contributed by atoms with Crippen molar-refractivity contribution in [2.45, 2.75) is 39.1 Å². The van der Waals surface area contributed by atoms with Crippen LogP contribution in [-0.2, 0) is 4.74 Å². The van der Waals surface area contributed by atoms with Gasteiger partial charge in [-0.05, 0) is 6.92 Å². The van der Waals surface area contributed by atoms with E-state index in [-0.39, 0.29) is 30.1 Å². The highest BCUT2D eigenvalue weighted by Gasteiger charge is 2.37. The summed E-state index contributed by atoms with van der Waals surface area (Å²) in [5, 5.41) is 9.80. The van der Waals surface area contributed by atoms with Gasteiger partial charge in [-0.1, -0.05) is 13.8 Å². The molecule has 2 nitrogen and oxygen atoms in total. The fraction of sp³-hybridized carbons (Fsp3) is 1.00. The van der Waals surface area contributed by atoms with Gasteiger partial charge in [0.25, 0.3) is 0 Å². The number of thiol groups is 1. The van der Waals surface area contributed by atoms with E-state index in [1.807, 2.05) is 20.8 Å². The highest BCUT2D eigenvalue weighted by atomic mass is 32.1. The number of rotatable bonds is 1. The Morgan fingerprint density at radius 2 is 1.83 bits per heavy atom. The van der Waals surface area contributed by atoms with Gasteiger partial charge in [-0.25, -0.2) is 0 Å². The molecule has 1 heterocycles. The van der Waals surface area contributed by atoms with Crippen LogP contribution in [0.1, 0.15) is 20.8 Å². The zero-order chi connectivity index (χ0) is 9.30. The van der Waals surface area contributed by atoms with E-state index in [4.69, 9.17) is 4.74 Å². The average Bonchev–Trinajstić information content (AvgIpc) is 2.08. The van der Waals surface area contributed by atoms with Crippen molar-refractivity contribution in [3.05, 3.63) is 0 Å². The van der Waals surface area contributed by atoms with Crippen molar-refractivity contribution < 1.29 is 9.84 Å². The zero-order valence-corrected chi connectivity index (χ0v) is 8.79. The topological polar surface area (TPSA) is 29.5 Å². The summed E-state index contributed by atoms with van der Waals surface area (Å²) >= 11 is 4.20. The Labute approximate surface area is 79.7 Å². The van der Waals surface area contributed by atoms with Gasteiger partial charge in [0.2, 0.25) is 0 Å². The lowest BCUT2D eigenvalue weighted by atomic mass is 9.84. The predicted octanol–water partition coefficient (Wildman–Crippen LogP) is 1.34. The molecule has 0 aromatic rings. The second-order valence-corrected chi connectivity index (χ2v) is 4.14. The van der Waals surface area contributed by atoms with Crippen LogP contribution in [0.2, 0.25) is 0 Å². The van der Waals surface area contributed by atoms with Crippen LogP contribution < -0.4 is 0 Å². The van der Waals surface area contributed by atoms with Gasteiger partial charge >= 0.3 is 0 Å². The van der Waals surface area contributed by atoms with Gasteiger partial charge in [-0.3, -0.25) is 0 Å². The van der Waals surface area contributed by atoms with Gasteiger partial charge < -0.3 is 9.84 Å². The van der Waals surface area contributed by atoms with Crippen LogP contribution in [0.3, 0.4) is 0 Å². The normalized spacial score (nSPS) is 49.2. The van der Waals surface area contributed by atoms with Gasteiger partial charge in [0.05, 0.1) is 18.3 Å². The van der Waals surface area contributed by atoms with Crippen LogP contribution in [0.15, 0.2) is 0 Å². The molecule has 1 rings (SSSR count). The summed E-state index contributed by atoms with van der Waals surface area (Å²) in [6.07, 6.45) is 0.00813. The zero-order valence-electron chi connectivity index (χ0n) is 7.90. The van der Waals surface area contributed by atoms with Crippen molar-refractivity contribution in [1.29, 1.82) is 0 Å². The first-order valence-electron chi connectivity index (χ1n) is 4.52. The van der Waals surface area contributed by atoms with Crippen molar-refractivity contribution in [3.63, 3.8) is 0 Å². The second kappa shape index (κ2) is 3.99. The number of hydrogen-bond donors (Lipinski definition) is 2. The summed E-state index contributed by atoms with van der Waals surface area (Å²) in [5.41, 5.74) is 0. The number of ether oxygens (including phenoxy) is 1. The smallest absolute Gasteiger partial charge is 0.0716 e. The van der Waals surface area contributed by atoms with Gasteiger partial charge in [0, 0.05) is 17.6 Å². The summed E-state index contributed by atoms with van der Waals surface area (Å²) < 4.78 is 5.69. The van der Waals surface area contributed by atoms with Crippen LogP contribution in [0.5, 0.6) is 0 Å². The van der Waals surface area contributed by atoms with E-state index in [0.717, 1.165) is 0 Å². The summed E-state index contributed by atoms with van der Waals surface area (Å²) in [4.78, 5) is 0. The fourth-order valence-electron chi connectivity index (χ4n) is 1.71. The fourth-order valence-corrected chi connectivity index (χ4v) is 2.13. The van der Waals surface area contributed by atoms with Crippen LogP contribution in [0, 0.1) is 11.8 Å². The third-order valence-corrected chi connectivity index (χ3v) is 3.33. The number of aliphatic hydroxyl groups is 1. The maximum absolute atomic E-state index is 9.80. The van der Waals surface area contributed by atoms with E-state index in [1.54, 1.807) is 0 Å². The maximum atomic E-state index is 9.80. The molecule has 1 N–H and O–H groups in total. The third kappa shape index (κ3) is 1.78. The van der Waals surface area contributed by atoms with Gasteiger partial charge in [0.15, 0.2) is 0 Å². The van der Waals surface area contributed by atoms with Crippen molar-refractivity contribution in [2.75, 3.05) is 5.75 Å². The summed E-state index contributed by atoms with van der Waals surface area (Å²) in [6.45, 7) is 6.06. The standard InChI is InChI=1S/C9H18O2S/c1-5-7(3)11-8(4-12)6(2)9(5)10/h5-10,12H,4H2,1-3H3/t5?,6-,7-,8?,9?/m0/s1. The Bertz CT molecular complexity index is 147. The Kier molecular flexibility index (Phi) is 3.44. The number of hydrogen-bond acceptors (Lipinski definition) is 3. The quantitative estimate of drug-likeness (QED) is 0.611. The molecule has 0 aromatic carbocycles. The summed E-state index contributed by atoms with van der Waals surface area (Å²) in [5.74, 6) is 1.12. The molecule has 12 heavy (non-hydrogen) atoms. The molecule has 1 saturated heterocycles. The van der Waals surface area contributed by atoms with E-state index >= 15 is 0 Å². The number of aliphatic hydroxyl groups excluding tert-OH is 1. The maximum Gasteiger partial charge on any atom is 0.0716 e. The molecule has 0 amide bonds. The van der Waals surface area contributed by atoms with Crippen molar-refractivity contribution in [2.24, 2.45) is 11.8 Å². The van der Waals surface area contributed by atoms with Gasteiger partial charge in [-0.15, -0.1) is 0 Å². The van der Waals surface area contributed by atoms with E-state index in [2.05, 4.69) is 12.6 Å². The monoisotopic (exact) mass is 190 g/mol. The molecule has 3 unspecified atom stereocenters. The van der Waals surface area contributed by atoms with Gasteiger partial charge in [0.1, 0.15) is 0 Å². The van der Waals surface area contributed by atoms with E-state index < -0.39 is 0 Å². The molecule has 1 fully saturated rings. The first-order valence-corrected chi connectivity index (χ1v) is 5.15. The van der Waals surface area contributed by atoms with Crippen LogP contribution in [-0.4, -0.2) is 29.2 Å². The second-order valence-electron chi connectivity index (χ2n) is 3.77. The van der Waals surface area contributed by atoms with Crippen LogP contribution in [0.25, 0.3) is 0 Å². The Morgan fingerprint density at radius 3 is 2.33 bits per heavy atom. The average molecular weight is 190 g/mol. The molecule has 0 saturated carbocycles. The minimum absolute atomic E-state index is 0.106. The third-order valence-electron chi connectivity index (χ3n) is 2.97. The lowest BCUT2D eigenvalue weighted by Gasteiger charge is -2.41. The Balaban J connectivity index is 2.63.